The van der Waals surface area contributed by atoms with Crippen LogP contribution in [-0.2, 0) is 27.9 Å². The van der Waals surface area contributed by atoms with Crippen LogP contribution >= 0.6 is 7.82 Å². The van der Waals surface area contributed by atoms with Gasteiger partial charge < -0.3 is 19.4 Å². The van der Waals surface area contributed by atoms with Crippen LogP contribution < -0.4 is 5.32 Å². The van der Waals surface area contributed by atoms with Gasteiger partial charge in [-0.2, -0.15) is 0 Å². The summed E-state index contributed by atoms with van der Waals surface area (Å²) in [6, 6.07) is -0.857. The van der Waals surface area contributed by atoms with Crippen LogP contribution in [0.5, 0.6) is 0 Å². The topological polar surface area (TPSA) is 111 Å². The van der Waals surface area contributed by atoms with Crippen molar-refractivity contribution in [3.8, 4) is 0 Å². The van der Waals surface area contributed by atoms with Gasteiger partial charge in [-0.3, -0.25) is 18.6 Å². The minimum atomic E-state index is -4.45. The van der Waals surface area contributed by atoms with Crippen molar-refractivity contribution in [2.45, 2.75) is 277 Å². The van der Waals surface area contributed by atoms with Crippen LogP contribution in [0.15, 0.2) is 48.6 Å². The number of nitrogens with zero attached hydrogens (tertiary/aromatic N) is 1. The average Bonchev–Trinajstić information content (AvgIpc) is 3.31. The number of ether oxygens (including phenoxy) is 1. The van der Waals surface area contributed by atoms with E-state index in [1.54, 1.807) is 0 Å². The van der Waals surface area contributed by atoms with Crippen LogP contribution in [0.4, 0.5) is 0 Å². The summed E-state index contributed by atoms with van der Waals surface area (Å²) in [7, 11) is 1.48. The van der Waals surface area contributed by atoms with Crippen LogP contribution in [-0.4, -0.2) is 74.3 Å². The summed E-state index contributed by atoms with van der Waals surface area (Å²) in [6.45, 7) is 6.97. The van der Waals surface area contributed by atoms with Crippen molar-refractivity contribution in [3.63, 3.8) is 0 Å². The van der Waals surface area contributed by atoms with E-state index in [4.69, 9.17) is 13.8 Å². The number of unbranched alkanes of at least 4 members (excludes halogenated alkanes) is 30. The number of rotatable bonds is 52. The molecule has 0 radical (unpaired) electrons. The molecular formula is C59H112N2O7P+. The SMILES string of the molecule is CCCCC/C=C\C/C=C\CCCCCCCCCC(=O)OC(/C=C/CCCCCCCCCCCCC)C(COP(=O)(O)OCC[N+](C)(C)C)NC(=O)CCCCC/C=C\CCCCCCCC. The predicted octanol–water partition coefficient (Wildman–Crippen LogP) is 17.3. The zero-order chi connectivity index (χ0) is 50.8. The highest BCUT2D eigenvalue weighted by Crippen LogP contribution is 2.43. The minimum absolute atomic E-state index is 0.0362. The molecule has 0 aromatic carbocycles. The lowest BCUT2D eigenvalue weighted by atomic mass is 10.0. The van der Waals surface area contributed by atoms with Crippen molar-refractivity contribution in [1.29, 1.82) is 0 Å². The summed E-state index contributed by atoms with van der Waals surface area (Å²) in [5.74, 6) is -0.529. The van der Waals surface area contributed by atoms with Gasteiger partial charge in [-0.05, 0) is 89.5 Å². The predicted molar refractivity (Wildman–Crippen MR) is 295 cm³/mol. The summed E-state index contributed by atoms with van der Waals surface area (Å²) in [5.41, 5.74) is 0. The highest BCUT2D eigenvalue weighted by Gasteiger charge is 2.30. The fourth-order valence-corrected chi connectivity index (χ4v) is 8.94. The number of esters is 1. The molecule has 0 aliphatic rings. The third kappa shape index (κ3) is 50.7. The Hall–Kier alpha value is -2.03. The van der Waals surface area contributed by atoms with Gasteiger partial charge in [0.25, 0.3) is 0 Å². The van der Waals surface area contributed by atoms with E-state index in [1.807, 2.05) is 33.3 Å². The third-order valence-electron chi connectivity index (χ3n) is 12.7. The van der Waals surface area contributed by atoms with E-state index < -0.39 is 20.0 Å². The van der Waals surface area contributed by atoms with E-state index in [2.05, 4.69) is 62.5 Å². The molecule has 69 heavy (non-hydrogen) atoms. The fraction of sp³-hybridized carbons (Fsp3) is 0.831. The van der Waals surface area contributed by atoms with Gasteiger partial charge in [-0.25, -0.2) is 4.57 Å². The normalized spacial score (nSPS) is 14.1. The molecule has 0 saturated carbocycles. The number of carbonyl (C=O) groups excluding carboxylic acids is 2. The van der Waals surface area contributed by atoms with E-state index in [9.17, 15) is 19.0 Å². The Morgan fingerprint density at radius 1 is 0.507 bits per heavy atom. The molecule has 0 saturated heterocycles. The molecule has 3 unspecified atom stereocenters. The van der Waals surface area contributed by atoms with E-state index in [1.165, 1.54) is 141 Å². The van der Waals surface area contributed by atoms with E-state index in [0.717, 1.165) is 89.9 Å². The van der Waals surface area contributed by atoms with Crippen molar-refractivity contribution in [2.24, 2.45) is 0 Å². The summed E-state index contributed by atoms with van der Waals surface area (Å²) in [4.78, 5) is 37.6. The lowest BCUT2D eigenvalue weighted by Crippen LogP contribution is -2.47. The number of amides is 1. The van der Waals surface area contributed by atoms with Gasteiger partial charge >= 0.3 is 13.8 Å². The highest BCUT2D eigenvalue weighted by atomic mass is 31.2. The van der Waals surface area contributed by atoms with E-state index >= 15 is 0 Å². The van der Waals surface area contributed by atoms with Crippen molar-refractivity contribution in [1.82, 2.24) is 5.32 Å². The number of carbonyl (C=O) groups is 2. The summed E-state index contributed by atoms with van der Waals surface area (Å²) < 4.78 is 30.6. The molecule has 0 fully saturated rings. The van der Waals surface area contributed by atoms with Gasteiger partial charge in [0.1, 0.15) is 19.3 Å². The maximum Gasteiger partial charge on any atom is 0.472 e. The molecule has 404 valence electrons. The van der Waals surface area contributed by atoms with Crippen LogP contribution in [0.3, 0.4) is 0 Å². The zero-order valence-electron chi connectivity index (χ0n) is 46.1. The quantitative estimate of drug-likeness (QED) is 0.0205. The summed E-state index contributed by atoms with van der Waals surface area (Å²) >= 11 is 0. The number of likely N-dealkylation sites (N-methyl/N-ethyl adjacent to an activating group) is 1. The van der Waals surface area contributed by atoms with Crippen LogP contribution in [0.1, 0.15) is 265 Å². The third-order valence-corrected chi connectivity index (χ3v) is 13.7. The minimum Gasteiger partial charge on any atom is -0.456 e. The van der Waals surface area contributed by atoms with Gasteiger partial charge in [0.05, 0.1) is 33.8 Å². The second kappa shape index (κ2) is 49.5. The number of quaternary nitrogens is 1. The number of phosphoric acid groups is 1. The van der Waals surface area contributed by atoms with Crippen molar-refractivity contribution in [2.75, 3.05) is 40.9 Å². The number of hydrogen-bond acceptors (Lipinski definition) is 6. The molecule has 0 aliphatic carbocycles. The molecule has 10 heteroatoms. The molecule has 2 N–H and O–H groups in total. The molecule has 0 aromatic rings. The molecule has 0 rings (SSSR count). The maximum atomic E-state index is 13.5. The Kier molecular flexibility index (Phi) is 48.1. The Labute approximate surface area is 427 Å². The Balaban J connectivity index is 5.38. The van der Waals surface area contributed by atoms with Crippen molar-refractivity contribution >= 4 is 19.7 Å². The van der Waals surface area contributed by atoms with E-state index in [-0.39, 0.29) is 31.5 Å². The van der Waals surface area contributed by atoms with Crippen LogP contribution in [0, 0.1) is 0 Å². The second-order valence-electron chi connectivity index (χ2n) is 20.8. The largest absolute Gasteiger partial charge is 0.472 e. The highest BCUT2D eigenvalue weighted by molar-refractivity contribution is 7.47. The smallest absolute Gasteiger partial charge is 0.456 e. The number of hydrogen-bond donors (Lipinski definition) is 2. The summed E-state index contributed by atoms with van der Waals surface area (Å²) in [6.07, 6.45) is 59.5. The van der Waals surface area contributed by atoms with E-state index in [0.29, 0.717) is 17.4 Å². The van der Waals surface area contributed by atoms with Crippen molar-refractivity contribution in [3.05, 3.63) is 48.6 Å². The summed E-state index contributed by atoms with van der Waals surface area (Å²) in [5, 5.41) is 3.04. The van der Waals surface area contributed by atoms with Crippen LogP contribution in [0.25, 0.3) is 0 Å². The average molecular weight is 993 g/mol. The molecule has 0 aliphatic heterocycles. The monoisotopic (exact) mass is 992 g/mol. The molecule has 0 aromatic heterocycles. The Morgan fingerprint density at radius 2 is 0.884 bits per heavy atom. The van der Waals surface area contributed by atoms with Gasteiger partial charge in [-0.15, -0.1) is 0 Å². The number of allylic oxidation sites excluding steroid dienone is 7. The first-order valence-electron chi connectivity index (χ1n) is 29.0. The molecule has 9 nitrogen and oxygen atoms in total. The molecule has 0 spiro atoms. The molecule has 3 atom stereocenters. The lowest BCUT2D eigenvalue weighted by molar-refractivity contribution is -0.870. The second-order valence-corrected chi connectivity index (χ2v) is 22.3. The molecule has 0 heterocycles. The van der Waals surface area contributed by atoms with Crippen molar-refractivity contribution < 1.29 is 37.3 Å². The Bertz CT molecular complexity index is 1330. The number of nitrogens with one attached hydrogen (secondary N) is 1. The van der Waals surface area contributed by atoms with Gasteiger partial charge in [0.15, 0.2) is 0 Å². The first kappa shape index (κ1) is 67.0. The first-order valence-corrected chi connectivity index (χ1v) is 30.5. The number of phosphoric ester groups is 1. The molecule has 1 amide bonds. The first-order chi connectivity index (χ1) is 33.4. The fourth-order valence-electron chi connectivity index (χ4n) is 8.20. The molecular weight excluding hydrogens is 880 g/mol. The molecule has 0 bridgehead atoms. The maximum absolute atomic E-state index is 13.5. The van der Waals surface area contributed by atoms with Gasteiger partial charge in [-0.1, -0.05) is 211 Å². The lowest BCUT2D eigenvalue weighted by Gasteiger charge is -2.27. The Morgan fingerprint density at radius 3 is 1.36 bits per heavy atom. The standard InChI is InChI=1S/C59H111N2O7P/c1-7-10-13-16-19-22-25-28-29-30-31-34-37-40-43-46-49-52-59(63)68-57(50-47-44-41-38-35-32-26-23-20-17-14-11-8-2)56(55-67-69(64,65)66-54-53-61(4,5)6)60-58(62)51-48-45-42-39-36-33-27-24-21-18-15-12-9-3/h19,22,28-29,33,36,47,50,56-57H,7-18,20-21,23-27,30-32,34-35,37-46,48-49,51-55H2,1-6H3,(H-,60,62,64,65)/p+1/b22-19-,29-28-,36-33-,50-47+. The van der Waals surface area contributed by atoms with Crippen LogP contribution in [0.2, 0.25) is 0 Å². The zero-order valence-corrected chi connectivity index (χ0v) is 47.0. The van der Waals surface area contributed by atoms with Gasteiger partial charge in [0.2, 0.25) is 5.91 Å². The van der Waals surface area contributed by atoms with Gasteiger partial charge in [0, 0.05) is 12.8 Å².